The number of aromatic nitrogens is 2. The molecule has 2 aliphatic rings. The van der Waals surface area contributed by atoms with E-state index in [1.54, 1.807) is 6.20 Å². The first-order valence-corrected chi connectivity index (χ1v) is 8.83. The van der Waals surface area contributed by atoms with E-state index in [0.29, 0.717) is 5.92 Å². The van der Waals surface area contributed by atoms with Gasteiger partial charge in [0.1, 0.15) is 17.7 Å². The molecular formula is C19H25N3O2. The third-order valence-corrected chi connectivity index (χ3v) is 5.36. The van der Waals surface area contributed by atoms with E-state index in [2.05, 4.69) is 28.1 Å². The number of fused-ring (bicyclic) bond motifs is 1. The van der Waals surface area contributed by atoms with Crippen molar-refractivity contribution in [1.82, 2.24) is 14.5 Å². The van der Waals surface area contributed by atoms with Crippen LogP contribution in [0.1, 0.15) is 35.9 Å². The Hall–Kier alpha value is -1.85. The lowest BCUT2D eigenvalue weighted by Crippen LogP contribution is -2.35. The van der Waals surface area contributed by atoms with Gasteiger partial charge in [-0.05, 0) is 49.0 Å². The van der Waals surface area contributed by atoms with Crippen LogP contribution in [0.2, 0.25) is 0 Å². The number of hydrogen-bond acceptors (Lipinski definition) is 4. The Bertz CT molecular complexity index is 704. The van der Waals surface area contributed by atoms with Crippen LogP contribution in [0, 0.1) is 5.92 Å². The summed E-state index contributed by atoms with van der Waals surface area (Å²) >= 11 is 0. The maximum absolute atomic E-state index is 10.6. The van der Waals surface area contributed by atoms with Crippen LogP contribution in [0.15, 0.2) is 30.6 Å². The van der Waals surface area contributed by atoms with Gasteiger partial charge in [-0.25, -0.2) is 4.98 Å². The minimum atomic E-state index is -0.454. The molecule has 5 heteroatoms. The molecule has 0 bridgehead atoms. The molecule has 0 radical (unpaired) electrons. The highest BCUT2D eigenvalue weighted by Crippen LogP contribution is 2.31. The summed E-state index contributed by atoms with van der Waals surface area (Å²) in [5.41, 5.74) is 2.70. The van der Waals surface area contributed by atoms with Crippen LogP contribution in [-0.4, -0.2) is 39.3 Å². The Morgan fingerprint density at radius 2 is 2.17 bits per heavy atom. The smallest absolute Gasteiger partial charge is 0.137 e. The summed E-state index contributed by atoms with van der Waals surface area (Å²) in [4.78, 5) is 6.78. The Kier molecular flexibility index (Phi) is 4.29. The third-order valence-electron chi connectivity index (χ3n) is 5.36. The Balaban J connectivity index is 1.34. The fourth-order valence-corrected chi connectivity index (χ4v) is 3.90. The minimum Gasteiger partial charge on any atom is -0.493 e. The van der Waals surface area contributed by atoms with E-state index in [1.165, 1.54) is 11.1 Å². The van der Waals surface area contributed by atoms with Crippen LogP contribution < -0.4 is 4.74 Å². The van der Waals surface area contributed by atoms with E-state index in [0.717, 1.165) is 57.1 Å². The van der Waals surface area contributed by atoms with Gasteiger partial charge in [0.15, 0.2) is 0 Å². The van der Waals surface area contributed by atoms with Gasteiger partial charge in [0.05, 0.1) is 6.61 Å². The number of piperidine rings is 1. The number of aliphatic hydroxyl groups excluding tert-OH is 1. The number of benzene rings is 1. The summed E-state index contributed by atoms with van der Waals surface area (Å²) in [6.07, 6.45) is 6.26. The Morgan fingerprint density at radius 1 is 1.33 bits per heavy atom. The second kappa shape index (κ2) is 6.57. The molecule has 1 saturated heterocycles. The van der Waals surface area contributed by atoms with Crippen LogP contribution in [-0.2, 0) is 20.0 Å². The molecule has 24 heavy (non-hydrogen) atoms. The number of likely N-dealkylation sites (tertiary alicyclic amines) is 1. The number of ether oxygens (including phenoxy) is 1. The first kappa shape index (κ1) is 15.7. The van der Waals surface area contributed by atoms with Gasteiger partial charge in [0.25, 0.3) is 0 Å². The molecule has 0 spiro atoms. The zero-order valence-corrected chi connectivity index (χ0v) is 14.2. The van der Waals surface area contributed by atoms with Crippen LogP contribution in [0.25, 0.3) is 0 Å². The molecule has 4 rings (SSSR count). The molecular weight excluding hydrogens is 302 g/mol. The van der Waals surface area contributed by atoms with Gasteiger partial charge in [-0.15, -0.1) is 0 Å². The average Bonchev–Trinajstić information content (AvgIpc) is 3.23. The van der Waals surface area contributed by atoms with Crippen LogP contribution in [0.4, 0.5) is 0 Å². The lowest BCUT2D eigenvalue weighted by molar-refractivity contribution is 0.0492. The van der Waals surface area contributed by atoms with Crippen molar-refractivity contribution in [3.8, 4) is 5.75 Å². The molecule has 0 saturated carbocycles. The summed E-state index contributed by atoms with van der Waals surface area (Å²) in [5, 5.41) is 10.6. The van der Waals surface area contributed by atoms with Crippen molar-refractivity contribution in [3.05, 3.63) is 47.5 Å². The third kappa shape index (κ3) is 3.06. The van der Waals surface area contributed by atoms with Gasteiger partial charge < -0.3 is 14.4 Å². The normalized spacial score (nSPS) is 19.9. The summed E-state index contributed by atoms with van der Waals surface area (Å²) in [6, 6.07) is 6.57. The van der Waals surface area contributed by atoms with Crippen molar-refractivity contribution >= 4 is 0 Å². The zero-order chi connectivity index (χ0) is 16.5. The number of imidazole rings is 1. The summed E-state index contributed by atoms with van der Waals surface area (Å²) in [6.45, 7) is 3.85. The quantitative estimate of drug-likeness (QED) is 0.936. The fourth-order valence-electron chi connectivity index (χ4n) is 3.90. The molecule has 3 heterocycles. The fraction of sp³-hybridized carbons (Fsp3) is 0.526. The van der Waals surface area contributed by atoms with E-state index in [1.807, 2.05) is 17.8 Å². The van der Waals surface area contributed by atoms with Crippen LogP contribution in [0.5, 0.6) is 5.75 Å². The SMILES string of the molecule is Cn1ccnc1[C@@H](O)C1CCN(Cc2ccc3c(c2)CCO3)CC1. The zero-order valence-electron chi connectivity index (χ0n) is 14.2. The summed E-state index contributed by atoms with van der Waals surface area (Å²) < 4.78 is 7.50. The number of nitrogens with zero attached hydrogens (tertiary/aromatic N) is 3. The van der Waals surface area contributed by atoms with E-state index >= 15 is 0 Å². The highest BCUT2D eigenvalue weighted by atomic mass is 16.5. The molecule has 1 aromatic carbocycles. The maximum Gasteiger partial charge on any atom is 0.137 e. The monoisotopic (exact) mass is 327 g/mol. The highest BCUT2D eigenvalue weighted by molar-refractivity contribution is 5.39. The van der Waals surface area contributed by atoms with Crippen molar-refractivity contribution < 1.29 is 9.84 Å². The Labute approximate surface area is 142 Å². The second-order valence-electron chi connectivity index (χ2n) is 7.00. The standard InChI is InChI=1S/C19H25N3O2/c1-21-10-7-20-19(21)18(23)15-4-8-22(9-5-15)13-14-2-3-17-16(12-14)6-11-24-17/h2-3,7,10,12,15,18,23H,4-6,8-9,11,13H2,1H3/t18-/m0/s1. The first-order chi connectivity index (χ1) is 11.7. The van der Waals surface area contributed by atoms with Crippen LogP contribution in [0.3, 0.4) is 0 Å². The van der Waals surface area contributed by atoms with Crippen molar-refractivity contribution in [2.24, 2.45) is 13.0 Å². The molecule has 0 unspecified atom stereocenters. The average molecular weight is 327 g/mol. The molecule has 2 aliphatic heterocycles. The molecule has 0 aliphatic carbocycles. The molecule has 5 nitrogen and oxygen atoms in total. The number of aryl methyl sites for hydroxylation is 1. The topological polar surface area (TPSA) is 50.5 Å². The van der Waals surface area contributed by atoms with E-state index < -0.39 is 6.10 Å². The van der Waals surface area contributed by atoms with Gasteiger partial charge in [0.2, 0.25) is 0 Å². The van der Waals surface area contributed by atoms with Gasteiger partial charge >= 0.3 is 0 Å². The van der Waals surface area contributed by atoms with Crippen molar-refractivity contribution in [2.75, 3.05) is 19.7 Å². The van der Waals surface area contributed by atoms with E-state index in [9.17, 15) is 5.11 Å². The molecule has 0 amide bonds. The number of rotatable bonds is 4. The molecule has 1 N–H and O–H groups in total. The lowest BCUT2D eigenvalue weighted by Gasteiger charge is -2.34. The van der Waals surface area contributed by atoms with Gasteiger partial charge in [-0.3, -0.25) is 4.90 Å². The molecule has 1 atom stereocenters. The minimum absolute atomic E-state index is 0.302. The molecule has 1 fully saturated rings. The number of aliphatic hydroxyl groups is 1. The second-order valence-corrected chi connectivity index (χ2v) is 7.00. The van der Waals surface area contributed by atoms with Crippen molar-refractivity contribution in [3.63, 3.8) is 0 Å². The van der Waals surface area contributed by atoms with Gasteiger partial charge in [-0.2, -0.15) is 0 Å². The first-order valence-electron chi connectivity index (χ1n) is 8.83. The highest BCUT2D eigenvalue weighted by Gasteiger charge is 2.28. The van der Waals surface area contributed by atoms with Gasteiger partial charge in [-0.1, -0.05) is 12.1 Å². The largest absolute Gasteiger partial charge is 0.493 e. The van der Waals surface area contributed by atoms with E-state index in [-0.39, 0.29) is 0 Å². The number of hydrogen-bond donors (Lipinski definition) is 1. The molecule has 2 aromatic rings. The maximum atomic E-state index is 10.6. The molecule has 1 aromatic heterocycles. The molecule has 128 valence electrons. The Morgan fingerprint density at radius 3 is 2.92 bits per heavy atom. The van der Waals surface area contributed by atoms with Crippen molar-refractivity contribution in [2.45, 2.75) is 31.9 Å². The lowest BCUT2D eigenvalue weighted by atomic mass is 9.90. The van der Waals surface area contributed by atoms with Crippen molar-refractivity contribution in [1.29, 1.82) is 0 Å². The van der Waals surface area contributed by atoms with E-state index in [4.69, 9.17) is 4.74 Å². The summed E-state index contributed by atoms with van der Waals surface area (Å²) in [5.74, 6) is 2.14. The summed E-state index contributed by atoms with van der Waals surface area (Å²) in [7, 11) is 1.94. The predicted octanol–water partition coefficient (Wildman–Crippen LogP) is 2.30. The van der Waals surface area contributed by atoms with Crippen LogP contribution >= 0.6 is 0 Å². The predicted molar refractivity (Wildman–Crippen MR) is 91.8 cm³/mol. The van der Waals surface area contributed by atoms with Gasteiger partial charge in [0, 0.05) is 32.4 Å².